The molecule has 0 aromatic heterocycles. The van der Waals surface area contributed by atoms with Gasteiger partial charge in [0.2, 0.25) is 5.91 Å². The van der Waals surface area contributed by atoms with Gasteiger partial charge < -0.3 is 15.8 Å². The maximum absolute atomic E-state index is 12.5. The van der Waals surface area contributed by atoms with Gasteiger partial charge in [-0.25, -0.2) is 0 Å². The number of ether oxygens (including phenoxy) is 1. The molecule has 0 bridgehead atoms. The lowest BCUT2D eigenvalue weighted by atomic mass is 9.99. The van der Waals surface area contributed by atoms with E-state index in [9.17, 15) is 4.79 Å². The Hall–Kier alpha value is -1.43. The summed E-state index contributed by atoms with van der Waals surface area (Å²) in [4.78, 5) is 14.6. The molecular weight excluding hydrogens is 290 g/mol. The highest BCUT2D eigenvalue weighted by Gasteiger charge is 2.28. The van der Waals surface area contributed by atoms with E-state index in [4.69, 9.17) is 10.5 Å². The molecule has 23 heavy (non-hydrogen) atoms. The van der Waals surface area contributed by atoms with Gasteiger partial charge in [-0.15, -0.1) is 0 Å². The van der Waals surface area contributed by atoms with Gasteiger partial charge in [0.25, 0.3) is 0 Å². The van der Waals surface area contributed by atoms with Crippen LogP contribution < -0.4 is 11.1 Å². The second-order valence-electron chi connectivity index (χ2n) is 6.56. The lowest BCUT2D eigenvalue weighted by Crippen LogP contribution is -2.51. The summed E-state index contributed by atoms with van der Waals surface area (Å²) in [6, 6.07) is 4.39. The number of nitrogens with two attached hydrogens (primary N) is 1. The van der Waals surface area contributed by atoms with E-state index >= 15 is 0 Å². The molecule has 1 heterocycles. The molecule has 0 saturated carbocycles. The standard InChI is InChI=1S/C18H29N3O2/c1-12-7-13(2)18(14(3)8-12)20-17(22)11-21-6-5-16(23-4)9-15(21)10-19/h7-8,15-16H,5-6,9-11,19H2,1-4H3,(H,20,22). The van der Waals surface area contributed by atoms with E-state index in [1.165, 1.54) is 5.56 Å². The third-order valence-electron chi connectivity index (χ3n) is 4.68. The number of aryl methyl sites for hydroxylation is 3. The molecule has 5 heteroatoms. The molecule has 1 amide bonds. The number of rotatable bonds is 5. The van der Waals surface area contributed by atoms with Gasteiger partial charge >= 0.3 is 0 Å². The van der Waals surface area contributed by atoms with Crippen molar-refractivity contribution in [3.05, 3.63) is 28.8 Å². The monoisotopic (exact) mass is 319 g/mol. The Balaban J connectivity index is 1.99. The van der Waals surface area contributed by atoms with Crippen molar-refractivity contribution >= 4 is 11.6 Å². The van der Waals surface area contributed by atoms with Gasteiger partial charge in [-0.05, 0) is 44.7 Å². The van der Waals surface area contributed by atoms with Gasteiger partial charge in [0, 0.05) is 31.9 Å². The van der Waals surface area contributed by atoms with Crippen LogP contribution in [0.2, 0.25) is 0 Å². The average molecular weight is 319 g/mol. The summed E-state index contributed by atoms with van der Waals surface area (Å²) in [7, 11) is 1.74. The second-order valence-corrected chi connectivity index (χ2v) is 6.56. The van der Waals surface area contributed by atoms with Crippen molar-refractivity contribution in [3.8, 4) is 0 Å². The van der Waals surface area contributed by atoms with Crippen molar-refractivity contribution in [2.45, 2.75) is 45.8 Å². The second kappa shape index (κ2) is 7.90. The largest absolute Gasteiger partial charge is 0.381 e. The fraction of sp³-hybridized carbons (Fsp3) is 0.611. The van der Waals surface area contributed by atoms with Crippen molar-refractivity contribution in [2.24, 2.45) is 5.73 Å². The molecular formula is C18H29N3O2. The van der Waals surface area contributed by atoms with Crippen LogP contribution in [0, 0.1) is 20.8 Å². The number of nitrogens with one attached hydrogen (secondary N) is 1. The Morgan fingerprint density at radius 3 is 2.57 bits per heavy atom. The topological polar surface area (TPSA) is 67.6 Å². The van der Waals surface area contributed by atoms with E-state index in [1.54, 1.807) is 7.11 Å². The van der Waals surface area contributed by atoms with E-state index in [1.807, 2.05) is 13.8 Å². The van der Waals surface area contributed by atoms with Crippen LogP contribution in [0.5, 0.6) is 0 Å². The third kappa shape index (κ3) is 4.53. The number of likely N-dealkylation sites (tertiary alicyclic amines) is 1. The van der Waals surface area contributed by atoms with Crippen LogP contribution in [0.1, 0.15) is 29.5 Å². The predicted octanol–water partition coefficient (Wildman–Crippen LogP) is 1.99. The van der Waals surface area contributed by atoms with Gasteiger partial charge in [-0.1, -0.05) is 17.7 Å². The first-order valence-corrected chi connectivity index (χ1v) is 8.29. The van der Waals surface area contributed by atoms with Gasteiger partial charge in [-0.2, -0.15) is 0 Å². The highest BCUT2D eigenvalue weighted by Crippen LogP contribution is 2.23. The third-order valence-corrected chi connectivity index (χ3v) is 4.68. The number of hydrogen-bond donors (Lipinski definition) is 2. The molecule has 2 unspecified atom stereocenters. The molecule has 1 aliphatic heterocycles. The van der Waals surface area contributed by atoms with Gasteiger partial charge in [0.15, 0.2) is 0 Å². The molecule has 1 fully saturated rings. The Morgan fingerprint density at radius 1 is 1.35 bits per heavy atom. The van der Waals surface area contributed by atoms with Crippen LogP contribution in [0.25, 0.3) is 0 Å². The van der Waals surface area contributed by atoms with Crippen LogP contribution in [0.15, 0.2) is 12.1 Å². The van der Waals surface area contributed by atoms with Crippen LogP contribution in [0.4, 0.5) is 5.69 Å². The zero-order valence-electron chi connectivity index (χ0n) is 14.7. The number of amides is 1. The number of hydrogen-bond acceptors (Lipinski definition) is 4. The van der Waals surface area contributed by atoms with Crippen LogP contribution >= 0.6 is 0 Å². The Bertz CT molecular complexity index is 536. The zero-order chi connectivity index (χ0) is 17.0. The molecule has 0 aliphatic carbocycles. The highest BCUT2D eigenvalue weighted by atomic mass is 16.5. The molecule has 1 aromatic carbocycles. The van der Waals surface area contributed by atoms with Crippen molar-refractivity contribution in [1.82, 2.24) is 4.90 Å². The lowest BCUT2D eigenvalue weighted by molar-refractivity contribution is -0.118. The van der Waals surface area contributed by atoms with E-state index in [0.717, 1.165) is 36.2 Å². The van der Waals surface area contributed by atoms with Crippen LogP contribution in [-0.2, 0) is 9.53 Å². The SMILES string of the molecule is COC1CCN(CC(=O)Nc2c(C)cc(C)cc2C)C(CN)C1. The summed E-state index contributed by atoms with van der Waals surface area (Å²) in [5.74, 6) is 0.0226. The fourth-order valence-electron chi connectivity index (χ4n) is 3.47. The van der Waals surface area contributed by atoms with E-state index in [-0.39, 0.29) is 18.1 Å². The van der Waals surface area contributed by atoms with Crippen molar-refractivity contribution in [1.29, 1.82) is 0 Å². The quantitative estimate of drug-likeness (QED) is 0.871. The lowest BCUT2D eigenvalue weighted by Gasteiger charge is -2.38. The van der Waals surface area contributed by atoms with Crippen LogP contribution in [-0.4, -0.2) is 49.7 Å². The Kier molecular flexibility index (Phi) is 6.16. The number of benzene rings is 1. The Morgan fingerprint density at radius 2 is 2.00 bits per heavy atom. The first-order chi connectivity index (χ1) is 10.9. The first kappa shape index (κ1) is 17.9. The average Bonchev–Trinajstić information content (AvgIpc) is 2.51. The van der Waals surface area contributed by atoms with Crippen molar-refractivity contribution < 1.29 is 9.53 Å². The summed E-state index contributed by atoms with van der Waals surface area (Å²) in [6.07, 6.45) is 2.09. The molecule has 3 N–H and O–H groups in total. The Labute approximate surface area is 139 Å². The number of carbonyl (C=O) groups is 1. The van der Waals surface area contributed by atoms with Gasteiger partial charge in [0.05, 0.1) is 12.6 Å². The molecule has 0 radical (unpaired) electrons. The fourth-order valence-corrected chi connectivity index (χ4v) is 3.47. The van der Waals surface area contributed by atoms with Crippen LogP contribution in [0.3, 0.4) is 0 Å². The molecule has 0 spiro atoms. The summed E-state index contributed by atoms with van der Waals surface area (Å²) >= 11 is 0. The van der Waals surface area contributed by atoms with Crippen molar-refractivity contribution in [3.63, 3.8) is 0 Å². The number of methoxy groups -OCH3 is 1. The first-order valence-electron chi connectivity index (χ1n) is 8.29. The molecule has 1 aromatic rings. The summed E-state index contributed by atoms with van der Waals surface area (Å²) in [6.45, 7) is 7.91. The number of anilines is 1. The van der Waals surface area contributed by atoms with E-state index < -0.39 is 0 Å². The van der Waals surface area contributed by atoms with Gasteiger partial charge in [0.1, 0.15) is 0 Å². The highest BCUT2D eigenvalue weighted by molar-refractivity contribution is 5.93. The number of nitrogens with zero attached hydrogens (tertiary/aromatic N) is 1. The molecule has 5 nitrogen and oxygen atoms in total. The minimum atomic E-state index is 0.0226. The normalized spacial score (nSPS) is 22.1. The summed E-state index contributed by atoms with van der Waals surface area (Å²) < 4.78 is 5.43. The predicted molar refractivity (Wildman–Crippen MR) is 93.7 cm³/mol. The summed E-state index contributed by atoms with van der Waals surface area (Å²) in [5, 5.41) is 3.07. The minimum Gasteiger partial charge on any atom is -0.381 e. The molecule has 1 aliphatic rings. The van der Waals surface area contributed by atoms with E-state index in [2.05, 4.69) is 29.3 Å². The maximum atomic E-state index is 12.5. The molecule has 2 atom stereocenters. The minimum absolute atomic E-state index is 0.0226. The van der Waals surface area contributed by atoms with Crippen molar-refractivity contribution in [2.75, 3.05) is 32.1 Å². The number of carbonyl (C=O) groups excluding carboxylic acids is 1. The van der Waals surface area contributed by atoms with E-state index in [0.29, 0.717) is 13.1 Å². The maximum Gasteiger partial charge on any atom is 0.238 e. The molecule has 1 saturated heterocycles. The molecule has 128 valence electrons. The molecule has 2 rings (SSSR count). The number of piperidine rings is 1. The zero-order valence-corrected chi connectivity index (χ0v) is 14.7. The van der Waals surface area contributed by atoms with Gasteiger partial charge in [-0.3, -0.25) is 9.69 Å². The smallest absolute Gasteiger partial charge is 0.238 e. The summed E-state index contributed by atoms with van der Waals surface area (Å²) in [5.41, 5.74) is 10.2.